The molecule has 0 unspecified atom stereocenters. The minimum absolute atomic E-state index is 0.566. The van der Waals surface area contributed by atoms with Gasteiger partial charge in [0.2, 0.25) is 0 Å². The van der Waals surface area contributed by atoms with E-state index in [0.29, 0.717) is 13.2 Å². The van der Waals surface area contributed by atoms with Crippen LogP contribution in [0.3, 0.4) is 0 Å². The molecule has 0 aliphatic heterocycles. The van der Waals surface area contributed by atoms with Crippen molar-refractivity contribution in [2.75, 3.05) is 32.9 Å². The molecule has 7 nitrogen and oxygen atoms in total. The van der Waals surface area contributed by atoms with Crippen molar-refractivity contribution < 1.29 is 29.3 Å². The number of carbonyl (C=O) groups is 2. The van der Waals surface area contributed by atoms with Crippen molar-refractivity contribution in [3.63, 3.8) is 0 Å². The Labute approximate surface area is 146 Å². The molecule has 0 aliphatic rings. The first kappa shape index (κ1) is 22.2. The van der Waals surface area contributed by atoms with Crippen molar-refractivity contribution >= 4 is 23.5 Å². The van der Waals surface area contributed by atoms with E-state index < -0.39 is 11.9 Å². The first-order valence-corrected chi connectivity index (χ1v) is 7.98. The number of hydrogen-bond donors (Lipinski definition) is 3. The van der Waals surface area contributed by atoms with Crippen molar-refractivity contribution in [1.82, 2.24) is 5.32 Å². The smallest absolute Gasteiger partial charge is 0.414 e. The van der Waals surface area contributed by atoms with Gasteiger partial charge in [0.25, 0.3) is 0 Å². The number of carboxylic acid groups (broad SMARTS) is 2. The van der Waals surface area contributed by atoms with E-state index in [0.717, 1.165) is 30.5 Å². The Bertz CT molecular complexity index is 454. The highest BCUT2D eigenvalue weighted by Gasteiger charge is 2.04. The van der Waals surface area contributed by atoms with Crippen molar-refractivity contribution in [1.29, 1.82) is 0 Å². The van der Waals surface area contributed by atoms with Gasteiger partial charge in [0, 0.05) is 11.6 Å². The maximum Gasteiger partial charge on any atom is 0.414 e. The second kappa shape index (κ2) is 14.7. The SMILES string of the molecule is CCCCNCCOCCOc1ccc(Cl)cc1.O=C(O)C(=O)O. The van der Waals surface area contributed by atoms with E-state index in [1.54, 1.807) is 0 Å². The lowest BCUT2D eigenvalue weighted by Crippen LogP contribution is -2.21. The molecule has 136 valence electrons. The van der Waals surface area contributed by atoms with Crippen LogP contribution in [0.4, 0.5) is 0 Å². The van der Waals surface area contributed by atoms with Gasteiger partial charge >= 0.3 is 11.9 Å². The largest absolute Gasteiger partial charge is 0.491 e. The van der Waals surface area contributed by atoms with Crippen molar-refractivity contribution in [2.45, 2.75) is 19.8 Å². The number of hydrogen-bond acceptors (Lipinski definition) is 5. The molecular weight excluding hydrogens is 338 g/mol. The Morgan fingerprint density at radius 1 is 1.04 bits per heavy atom. The summed E-state index contributed by atoms with van der Waals surface area (Å²) in [6.45, 7) is 6.07. The summed E-state index contributed by atoms with van der Waals surface area (Å²) < 4.78 is 10.9. The van der Waals surface area contributed by atoms with Gasteiger partial charge < -0.3 is 25.0 Å². The molecule has 0 aliphatic carbocycles. The van der Waals surface area contributed by atoms with Gasteiger partial charge in [-0.15, -0.1) is 0 Å². The molecule has 0 heterocycles. The van der Waals surface area contributed by atoms with Gasteiger partial charge in [-0.2, -0.15) is 0 Å². The van der Waals surface area contributed by atoms with Crippen LogP contribution in [0, 0.1) is 0 Å². The van der Waals surface area contributed by atoms with E-state index in [-0.39, 0.29) is 0 Å². The van der Waals surface area contributed by atoms with Gasteiger partial charge in [-0.1, -0.05) is 24.9 Å². The Balaban J connectivity index is 0.000000754. The second-order valence-corrected chi connectivity index (χ2v) is 5.07. The predicted molar refractivity (Wildman–Crippen MR) is 90.8 cm³/mol. The van der Waals surface area contributed by atoms with Crippen molar-refractivity contribution in [3.05, 3.63) is 29.3 Å². The predicted octanol–water partition coefficient (Wildman–Crippen LogP) is 2.28. The highest BCUT2D eigenvalue weighted by Crippen LogP contribution is 2.15. The highest BCUT2D eigenvalue weighted by molar-refractivity contribution is 6.30. The van der Waals surface area contributed by atoms with E-state index in [1.807, 2.05) is 24.3 Å². The van der Waals surface area contributed by atoms with Crippen LogP contribution in [0.15, 0.2) is 24.3 Å². The number of unbranched alkanes of at least 4 members (excludes halogenated alkanes) is 1. The van der Waals surface area contributed by atoms with Crippen LogP contribution in [-0.4, -0.2) is 55.1 Å². The van der Waals surface area contributed by atoms with E-state index in [2.05, 4.69) is 12.2 Å². The van der Waals surface area contributed by atoms with Gasteiger partial charge in [0.15, 0.2) is 0 Å². The molecule has 24 heavy (non-hydrogen) atoms. The fourth-order valence-corrected chi connectivity index (χ4v) is 1.55. The summed E-state index contributed by atoms with van der Waals surface area (Å²) in [5, 5.41) is 18.8. The zero-order valence-electron chi connectivity index (χ0n) is 13.7. The molecule has 0 amide bonds. The third kappa shape index (κ3) is 13.8. The molecule has 0 bridgehead atoms. The molecular formula is C16H24ClNO6. The normalized spacial score (nSPS) is 9.75. The molecule has 0 aromatic heterocycles. The molecule has 0 saturated heterocycles. The fraction of sp³-hybridized carbons (Fsp3) is 0.500. The van der Waals surface area contributed by atoms with Crippen LogP contribution in [0.25, 0.3) is 0 Å². The van der Waals surface area contributed by atoms with Crippen LogP contribution in [0.2, 0.25) is 5.02 Å². The topological polar surface area (TPSA) is 105 Å². The number of carboxylic acids is 2. The molecule has 0 radical (unpaired) electrons. The molecule has 0 spiro atoms. The number of nitrogens with one attached hydrogen (secondary N) is 1. The summed E-state index contributed by atoms with van der Waals surface area (Å²) >= 11 is 5.78. The Hall–Kier alpha value is -1.83. The molecule has 0 saturated carbocycles. The lowest BCUT2D eigenvalue weighted by atomic mass is 10.3. The average Bonchev–Trinajstić information content (AvgIpc) is 2.55. The third-order valence-electron chi connectivity index (χ3n) is 2.62. The Morgan fingerprint density at radius 3 is 2.21 bits per heavy atom. The van der Waals surface area contributed by atoms with E-state index >= 15 is 0 Å². The number of rotatable bonds is 10. The van der Waals surface area contributed by atoms with Crippen LogP contribution in [0.1, 0.15) is 19.8 Å². The molecule has 1 rings (SSSR count). The van der Waals surface area contributed by atoms with Crippen LogP contribution < -0.4 is 10.1 Å². The number of ether oxygens (including phenoxy) is 2. The van der Waals surface area contributed by atoms with Crippen molar-refractivity contribution in [3.8, 4) is 5.75 Å². The second-order valence-electron chi connectivity index (χ2n) is 4.63. The van der Waals surface area contributed by atoms with Crippen molar-refractivity contribution in [2.24, 2.45) is 0 Å². The molecule has 3 N–H and O–H groups in total. The lowest BCUT2D eigenvalue weighted by molar-refractivity contribution is -0.159. The highest BCUT2D eigenvalue weighted by atomic mass is 35.5. The molecule has 0 fully saturated rings. The first-order chi connectivity index (χ1) is 11.5. The average molecular weight is 362 g/mol. The molecule has 1 aromatic rings. The summed E-state index contributed by atoms with van der Waals surface area (Å²) in [7, 11) is 0. The van der Waals surface area contributed by atoms with Gasteiger partial charge in [-0.3, -0.25) is 0 Å². The quantitative estimate of drug-likeness (QED) is 0.433. The van der Waals surface area contributed by atoms with Gasteiger partial charge in [-0.25, -0.2) is 9.59 Å². The number of benzene rings is 1. The summed E-state index contributed by atoms with van der Waals surface area (Å²) in [5.41, 5.74) is 0. The molecule has 8 heteroatoms. The third-order valence-corrected chi connectivity index (χ3v) is 2.88. The van der Waals surface area contributed by atoms with Gasteiger partial charge in [0.05, 0.1) is 13.2 Å². The summed E-state index contributed by atoms with van der Waals surface area (Å²) in [6.07, 6.45) is 2.45. The minimum Gasteiger partial charge on any atom is -0.491 e. The number of aliphatic carboxylic acids is 2. The zero-order valence-corrected chi connectivity index (χ0v) is 14.4. The molecule has 1 aromatic carbocycles. The van der Waals surface area contributed by atoms with Crippen LogP contribution in [-0.2, 0) is 14.3 Å². The van der Waals surface area contributed by atoms with E-state index in [1.165, 1.54) is 12.8 Å². The molecule has 0 atom stereocenters. The summed E-state index contributed by atoms with van der Waals surface area (Å²) in [4.78, 5) is 18.2. The summed E-state index contributed by atoms with van der Waals surface area (Å²) in [6, 6.07) is 7.34. The minimum atomic E-state index is -1.82. The monoisotopic (exact) mass is 361 g/mol. The Morgan fingerprint density at radius 2 is 1.67 bits per heavy atom. The standard InChI is InChI=1S/C14H22ClNO2.C2H2O4/c1-2-3-8-16-9-10-17-11-12-18-14-6-4-13(15)5-7-14;3-1(4)2(5)6/h4-7,16H,2-3,8-12H2,1H3;(H,3,4)(H,5,6). The van der Waals surface area contributed by atoms with E-state index in [4.69, 9.17) is 40.9 Å². The Kier molecular flexibility index (Phi) is 13.6. The van der Waals surface area contributed by atoms with Crippen LogP contribution >= 0.6 is 11.6 Å². The van der Waals surface area contributed by atoms with E-state index in [9.17, 15) is 0 Å². The first-order valence-electron chi connectivity index (χ1n) is 7.60. The zero-order chi connectivity index (χ0) is 18.2. The number of halogens is 1. The van der Waals surface area contributed by atoms with Gasteiger partial charge in [0.1, 0.15) is 12.4 Å². The maximum absolute atomic E-state index is 9.10. The van der Waals surface area contributed by atoms with Gasteiger partial charge in [-0.05, 0) is 37.2 Å². The maximum atomic E-state index is 9.10. The van der Waals surface area contributed by atoms with Crippen LogP contribution in [0.5, 0.6) is 5.75 Å². The summed E-state index contributed by atoms with van der Waals surface area (Å²) in [5.74, 6) is -2.82. The lowest BCUT2D eigenvalue weighted by Gasteiger charge is -2.07. The fourth-order valence-electron chi connectivity index (χ4n) is 1.42.